The molecule has 0 unspecified atom stereocenters. The summed E-state index contributed by atoms with van der Waals surface area (Å²) in [5.74, 6) is 0. The van der Waals surface area contributed by atoms with E-state index in [9.17, 15) is 0 Å². The van der Waals surface area contributed by atoms with Gasteiger partial charge in [0.15, 0.2) is 0 Å². The van der Waals surface area contributed by atoms with Crippen LogP contribution in [0.25, 0.3) is 64.4 Å². The van der Waals surface area contributed by atoms with E-state index in [4.69, 9.17) is 4.42 Å². The Morgan fingerprint density at radius 1 is 0.405 bits per heavy atom. The number of allylic oxidation sites excluding steroid dienone is 3. The van der Waals surface area contributed by atoms with E-state index in [0.29, 0.717) is 0 Å². The minimum atomic E-state index is -0.157. The molecule has 0 bridgehead atoms. The topological polar surface area (TPSA) is 22.9 Å². The van der Waals surface area contributed by atoms with Crippen molar-refractivity contribution in [2.45, 2.75) is 33.1 Å². The molecule has 2 heterocycles. The molecule has 13 rings (SSSR count). The molecule has 2 aromatic heterocycles. The number of anilines is 8. The van der Waals surface area contributed by atoms with Gasteiger partial charge in [0.25, 0.3) is 0 Å². The van der Waals surface area contributed by atoms with E-state index in [-0.39, 0.29) is 5.41 Å². The first-order chi connectivity index (χ1) is 36.3. The van der Waals surface area contributed by atoms with E-state index in [1.807, 2.05) is 11.3 Å². The molecule has 5 heteroatoms. The fourth-order valence-electron chi connectivity index (χ4n) is 11.3. The molecule has 356 valence electrons. The van der Waals surface area contributed by atoms with Crippen molar-refractivity contribution in [3.8, 4) is 22.3 Å². The third-order valence-electron chi connectivity index (χ3n) is 14.9. The fraction of sp³-hybridized carbons (Fsp3) is 0.0725. The van der Waals surface area contributed by atoms with Crippen molar-refractivity contribution in [3.63, 3.8) is 0 Å². The van der Waals surface area contributed by atoms with Gasteiger partial charge in [-0.05, 0) is 175 Å². The maximum absolute atomic E-state index is 6.75. The molecule has 0 amide bonds. The van der Waals surface area contributed by atoms with Crippen molar-refractivity contribution in [3.05, 3.63) is 266 Å². The molecule has 0 atom stereocenters. The van der Waals surface area contributed by atoms with Crippen molar-refractivity contribution >= 4 is 98.9 Å². The van der Waals surface area contributed by atoms with Gasteiger partial charge in [0.05, 0.1) is 0 Å². The zero-order chi connectivity index (χ0) is 49.9. The molecule has 0 N–H and O–H groups in total. The van der Waals surface area contributed by atoms with Crippen LogP contribution in [0.1, 0.15) is 38.8 Å². The summed E-state index contributed by atoms with van der Waals surface area (Å²) in [4.78, 5) is 7.08. The summed E-state index contributed by atoms with van der Waals surface area (Å²) in [6.45, 7) is 8.89. The van der Waals surface area contributed by atoms with E-state index in [1.165, 1.54) is 42.4 Å². The van der Waals surface area contributed by atoms with Gasteiger partial charge < -0.3 is 19.1 Å². The Bertz CT molecular complexity index is 4110. The molecule has 0 aliphatic heterocycles. The first-order valence-electron chi connectivity index (χ1n) is 25.5. The number of para-hydroxylation sites is 3. The van der Waals surface area contributed by atoms with Gasteiger partial charge in [-0.25, -0.2) is 0 Å². The molecule has 10 aromatic carbocycles. The zero-order valence-corrected chi connectivity index (χ0v) is 42.6. The second-order valence-corrected chi connectivity index (χ2v) is 20.7. The summed E-state index contributed by atoms with van der Waals surface area (Å²) in [6.07, 6.45) is 6.46. The minimum Gasteiger partial charge on any atom is -0.456 e. The van der Waals surface area contributed by atoms with Crippen LogP contribution in [0.15, 0.2) is 259 Å². The van der Waals surface area contributed by atoms with Crippen molar-refractivity contribution in [2.24, 2.45) is 0 Å². The number of nitrogens with zero attached hydrogens (tertiary/aromatic N) is 3. The molecule has 0 saturated heterocycles. The third-order valence-corrected chi connectivity index (χ3v) is 16.0. The molecule has 0 spiro atoms. The first-order valence-corrected chi connectivity index (χ1v) is 26.3. The monoisotopic (exact) mass is 971 g/mol. The highest BCUT2D eigenvalue weighted by Gasteiger charge is 2.36. The molecule has 1 aliphatic rings. The number of fused-ring (bicyclic) bond motifs is 9. The van der Waals surface area contributed by atoms with Gasteiger partial charge in [0.1, 0.15) is 11.2 Å². The Hall–Kier alpha value is -8.90. The lowest BCUT2D eigenvalue weighted by Gasteiger charge is -2.28. The van der Waals surface area contributed by atoms with Gasteiger partial charge in [-0.3, -0.25) is 0 Å². The van der Waals surface area contributed by atoms with Crippen molar-refractivity contribution in [2.75, 3.05) is 14.7 Å². The Morgan fingerprint density at radius 3 is 1.73 bits per heavy atom. The number of rotatable bonds is 11. The molecular formula is C69H53N3OS. The molecule has 0 radical (unpaired) electrons. The van der Waals surface area contributed by atoms with Crippen LogP contribution in [-0.2, 0) is 5.41 Å². The predicted octanol–water partition coefficient (Wildman–Crippen LogP) is 20.5. The summed E-state index contributed by atoms with van der Waals surface area (Å²) in [6, 6.07) is 83.7. The van der Waals surface area contributed by atoms with Crippen LogP contribution in [0.2, 0.25) is 0 Å². The third kappa shape index (κ3) is 7.67. The maximum atomic E-state index is 6.75. The van der Waals surface area contributed by atoms with Crippen LogP contribution >= 0.6 is 11.3 Å². The molecule has 74 heavy (non-hydrogen) atoms. The van der Waals surface area contributed by atoms with Crippen LogP contribution < -0.4 is 14.7 Å². The molecule has 0 saturated carbocycles. The number of furan rings is 1. The van der Waals surface area contributed by atoms with Crippen LogP contribution in [-0.4, -0.2) is 0 Å². The van der Waals surface area contributed by atoms with Crippen molar-refractivity contribution in [1.82, 2.24) is 0 Å². The van der Waals surface area contributed by atoms with E-state index in [1.54, 1.807) is 0 Å². The van der Waals surface area contributed by atoms with Gasteiger partial charge in [-0.15, -0.1) is 11.3 Å². The lowest BCUT2D eigenvalue weighted by molar-refractivity contribution is 0.660. The van der Waals surface area contributed by atoms with Crippen LogP contribution in [0.4, 0.5) is 45.5 Å². The maximum Gasteiger partial charge on any atom is 0.136 e. The summed E-state index contributed by atoms with van der Waals surface area (Å²) in [5.41, 5.74) is 19.0. The van der Waals surface area contributed by atoms with E-state index < -0.39 is 0 Å². The van der Waals surface area contributed by atoms with Crippen LogP contribution in [0.5, 0.6) is 0 Å². The van der Waals surface area contributed by atoms with Gasteiger partial charge in [-0.2, -0.15) is 0 Å². The molecule has 12 aromatic rings. The molecule has 4 nitrogen and oxygen atoms in total. The fourth-order valence-corrected chi connectivity index (χ4v) is 12.4. The van der Waals surface area contributed by atoms with Gasteiger partial charge in [0, 0.05) is 87.6 Å². The number of benzene rings is 10. The second-order valence-electron chi connectivity index (χ2n) is 19.6. The Labute approximate surface area is 436 Å². The van der Waals surface area contributed by atoms with E-state index in [0.717, 1.165) is 84.3 Å². The average molecular weight is 972 g/mol. The molecule has 1 aliphatic carbocycles. The summed E-state index contributed by atoms with van der Waals surface area (Å²) in [7, 11) is 0. The highest BCUT2D eigenvalue weighted by atomic mass is 32.1. The smallest absolute Gasteiger partial charge is 0.136 e. The molecular weight excluding hydrogens is 919 g/mol. The van der Waals surface area contributed by atoms with E-state index >= 15 is 0 Å². The second kappa shape index (κ2) is 18.3. The minimum absolute atomic E-state index is 0.157. The normalized spacial score (nSPS) is 13.0. The summed E-state index contributed by atoms with van der Waals surface area (Å²) < 4.78 is 9.25. The summed E-state index contributed by atoms with van der Waals surface area (Å²) >= 11 is 1.85. The van der Waals surface area contributed by atoms with Gasteiger partial charge in [-0.1, -0.05) is 135 Å². The van der Waals surface area contributed by atoms with Gasteiger partial charge >= 0.3 is 0 Å². The van der Waals surface area contributed by atoms with Crippen LogP contribution in [0, 0.1) is 0 Å². The van der Waals surface area contributed by atoms with E-state index in [2.05, 4.69) is 291 Å². The van der Waals surface area contributed by atoms with Crippen molar-refractivity contribution in [1.29, 1.82) is 0 Å². The SMILES string of the molecule is C/C=C\C(=C/C)N(c1ccccc1)c1ccc2c(c1)sc1ccc(N(c3ccc4c(c3)C(C)(C)c3ccccc3-4)c3ccc4oc5cc(-c6cccc(N(c7ccccc7)c7ccccc7)c6)ccc5c4c3)cc12. The quantitative estimate of drug-likeness (QED) is 0.121. The first kappa shape index (κ1) is 45.0. The highest BCUT2D eigenvalue weighted by molar-refractivity contribution is 7.25. The highest BCUT2D eigenvalue weighted by Crippen LogP contribution is 2.52. The number of hydrogen-bond acceptors (Lipinski definition) is 5. The lowest BCUT2D eigenvalue weighted by atomic mass is 9.82. The average Bonchev–Trinajstić information content (AvgIpc) is 4.08. The summed E-state index contributed by atoms with van der Waals surface area (Å²) in [5, 5.41) is 4.64. The molecule has 0 fully saturated rings. The van der Waals surface area contributed by atoms with Crippen molar-refractivity contribution < 1.29 is 4.42 Å². The Kier molecular flexibility index (Phi) is 11.1. The Morgan fingerprint density at radius 2 is 0.986 bits per heavy atom. The van der Waals surface area contributed by atoms with Crippen LogP contribution in [0.3, 0.4) is 0 Å². The number of thiophene rings is 1. The predicted molar refractivity (Wildman–Crippen MR) is 316 cm³/mol. The van der Waals surface area contributed by atoms with Gasteiger partial charge in [0.2, 0.25) is 0 Å². The standard InChI is InChI=1S/C69H53N3OS/c1-5-19-48(6-2)70(49-21-10-7-11-22-49)56-32-37-60-62-43-54(34-39-67(62)74-68(60)45-56)72(55-31-36-58-57-28-16-17-29-63(57)69(3,4)64(58)44-55)53-33-38-65-61(42-53)59-35-30-47(41-66(59)73-65)46-20-18-27-52(40-46)71(50-23-12-8-13-24-50)51-25-14-9-15-26-51/h5-45H,1-4H3/b19-5-,48-6+. The number of hydrogen-bond donors (Lipinski definition) is 0. The largest absolute Gasteiger partial charge is 0.456 e. The Balaban J connectivity index is 0.921. The lowest BCUT2D eigenvalue weighted by Crippen LogP contribution is -2.16. The zero-order valence-electron chi connectivity index (χ0n) is 41.8.